The van der Waals surface area contributed by atoms with E-state index in [1.54, 1.807) is 0 Å². The summed E-state index contributed by atoms with van der Waals surface area (Å²) in [5, 5.41) is 5.99. The van der Waals surface area contributed by atoms with E-state index < -0.39 is 0 Å². The van der Waals surface area contributed by atoms with Gasteiger partial charge in [0.15, 0.2) is 5.16 Å². The van der Waals surface area contributed by atoms with E-state index in [2.05, 4.69) is 39.6 Å². The second kappa shape index (κ2) is 6.61. The number of fused-ring (bicyclic) bond motifs is 2. The van der Waals surface area contributed by atoms with Gasteiger partial charge in [-0.1, -0.05) is 53.7 Å². The molecular weight excluding hydrogens is 330 g/mol. The summed E-state index contributed by atoms with van der Waals surface area (Å²) in [5.74, 6) is 0.271. The number of imidazole rings is 1. The lowest BCUT2D eigenvalue weighted by molar-refractivity contribution is -0.113. The van der Waals surface area contributed by atoms with Crippen LogP contribution in [0.2, 0.25) is 0 Å². The molecule has 1 aromatic heterocycles. The van der Waals surface area contributed by atoms with Crippen LogP contribution in [0, 0.1) is 6.92 Å². The Hall–Kier alpha value is -2.79. The van der Waals surface area contributed by atoms with Crippen molar-refractivity contribution in [2.24, 2.45) is 0 Å². The van der Waals surface area contributed by atoms with Crippen LogP contribution < -0.4 is 5.32 Å². The summed E-state index contributed by atoms with van der Waals surface area (Å²) in [7, 11) is 0. The maximum atomic E-state index is 12.1. The number of nitrogens with one attached hydrogen (secondary N) is 2. The maximum Gasteiger partial charge on any atom is 0.234 e. The van der Waals surface area contributed by atoms with Crippen molar-refractivity contribution >= 4 is 45.2 Å². The molecule has 25 heavy (non-hydrogen) atoms. The Morgan fingerprint density at radius 2 is 1.80 bits per heavy atom. The first-order chi connectivity index (χ1) is 12.2. The number of amides is 1. The van der Waals surface area contributed by atoms with Crippen LogP contribution in [0.1, 0.15) is 5.56 Å². The van der Waals surface area contributed by atoms with E-state index in [1.807, 2.05) is 43.3 Å². The minimum absolute atomic E-state index is 0.0422. The summed E-state index contributed by atoms with van der Waals surface area (Å²) in [5.41, 5.74) is 3.88. The Morgan fingerprint density at radius 1 is 1.08 bits per heavy atom. The smallest absolute Gasteiger partial charge is 0.234 e. The number of nitrogens with zero attached hydrogens (tertiary/aromatic N) is 1. The highest BCUT2D eigenvalue weighted by Gasteiger charge is 2.08. The topological polar surface area (TPSA) is 57.8 Å². The normalized spacial score (nSPS) is 11.1. The van der Waals surface area contributed by atoms with Gasteiger partial charge in [-0.25, -0.2) is 4.98 Å². The van der Waals surface area contributed by atoms with Crippen LogP contribution in [-0.4, -0.2) is 21.6 Å². The summed E-state index contributed by atoms with van der Waals surface area (Å²) in [4.78, 5) is 20.0. The monoisotopic (exact) mass is 347 g/mol. The number of hydrogen-bond donors (Lipinski definition) is 2. The van der Waals surface area contributed by atoms with E-state index in [0.29, 0.717) is 5.75 Å². The van der Waals surface area contributed by atoms with E-state index in [1.165, 1.54) is 22.7 Å². The number of benzene rings is 3. The average molecular weight is 347 g/mol. The molecule has 0 aliphatic heterocycles. The molecule has 0 radical (unpaired) electrons. The van der Waals surface area contributed by atoms with Crippen LogP contribution in [0.5, 0.6) is 0 Å². The summed E-state index contributed by atoms with van der Waals surface area (Å²) in [6.07, 6.45) is 0. The fraction of sp³-hybridized carbons (Fsp3) is 0.100. The number of aromatic amines is 1. The molecule has 0 saturated heterocycles. The summed E-state index contributed by atoms with van der Waals surface area (Å²) >= 11 is 1.40. The molecule has 4 nitrogen and oxygen atoms in total. The zero-order valence-electron chi connectivity index (χ0n) is 13.7. The molecule has 124 valence electrons. The summed E-state index contributed by atoms with van der Waals surface area (Å²) in [6.45, 7) is 2.02. The molecule has 4 aromatic rings. The number of thioether (sulfide) groups is 1. The van der Waals surface area contributed by atoms with Gasteiger partial charge in [0.05, 0.1) is 16.8 Å². The van der Waals surface area contributed by atoms with Crippen molar-refractivity contribution in [3.8, 4) is 0 Å². The number of carbonyl (C=O) groups excluding carboxylic acids is 1. The predicted molar refractivity (Wildman–Crippen MR) is 104 cm³/mol. The molecule has 0 atom stereocenters. The van der Waals surface area contributed by atoms with E-state index in [4.69, 9.17) is 0 Å². The van der Waals surface area contributed by atoms with Crippen molar-refractivity contribution < 1.29 is 4.79 Å². The van der Waals surface area contributed by atoms with Crippen molar-refractivity contribution in [1.82, 2.24) is 9.97 Å². The molecule has 1 amide bonds. The van der Waals surface area contributed by atoms with Gasteiger partial charge in [-0.3, -0.25) is 4.79 Å². The van der Waals surface area contributed by atoms with Crippen LogP contribution >= 0.6 is 11.8 Å². The maximum absolute atomic E-state index is 12.1. The molecule has 0 aliphatic rings. The number of aromatic nitrogens is 2. The highest BCUT2D eigenvalue weighted by Crippen LogP contribution is 2.24. The summed E-state index contributed by atoms with van der Waals surface area (Å²) < 4.78 is 0. The molecule has 0 aliphatic carbocycles. The molecule has 0 saturated carbocycles. The second-order valence-electron chi connectivity index (χ2n) is 5.96. The van der Waals surface area contributed by atoms with Gasteiger partial charge in [-0.05, 0) is 42.0 Å². The fourth-order valence-electron chi connectivity index (χ4n) is 2.71. The number of carbonyl (C=O) groups is 1. The quantitative estimate of drug-likeness (QED) is 0.524. The number of aryl methyl sites for hydroxylation is 1. The number of hydrogen-bond acceptors (Lipinski definition) is 3. The molecule has 4 rings (SSSR count). The summed E-state index contributed by atoms with van der Waals surface area (Å²) in [6, 6.07) is 20.1. The Labute approximate surface area is 149 Å². The van der Waals surface area contributed by atoms with Crippen LogP contribution in [0.4, 0.5) is 5.69 Å². The minimum atomic E-state index is -0.0422. The lowest BCUT2D eigenvalue weighted by Crippen LogP contribution is -2.14. The first-order valence-electron chi connectivity index (χ1n) is 8.05. The second-order valence-corrected chi connectivity index (χ2v) is 6.93. The SMILES string of the molecule is Cc1ccc(NC(=O)CSc2nc3cc4ccccc4cc3[nH]2)cc1. The molecule has 2 N–H and O–H groups in total. The van der Waals surface area contributed by atoms with Gasteiger partial charge in [0, 0.05) is 5.69 Å². The third-order valence-corrected chi connectivity index (χ3v) is 4.88. The van der Waals surface area contributed by atoms with Gasteiger partial charge in [-0.15, -0.1) is 0 Å². The van der Waals surface area contributed by atoms with Gasteiger partial charge >= 0.3 is 0 Å². The molecule has 5 heteroatoms. The number of anilines is 1. The van der Waals surface area contributed by atoms with Crippen LogP contribution in [-0.2, 0) is 4.79 Å². The van der Waals surface area contributed by atoms with Gasteiger partial charge in [0.2, 0.25) is 5.91 Å². The molecule has 0 bridgehead atoms. The zero-order chi connectivity index (χ0) is 17.2. The average Bonchev–Trinajstić information content (AvgIpc) is 3.01. The largest absolute Gasteiger partial charge is 0.333 e. The molecule has 3 aromatic carbocycles. The van der Waals surface area contributed by atoms with Gasteiger partial charge in [0.1, 0.15) is 0 Å². The minimum Gasteiger partial charge on any atom is -0.333 e. The Morgan fingerprint density at radius 3 is 2.56 bits per heavy atom. The molecule has 0 unspecified atom stereocenters. The van der Waals surface area contributed by atoms with Crippen LogP contribution in [0.3, 0.4) is 0 Å². The van der Waals surface area contributed by atoms with E-state index in [9.17, 15) is 4.79 Å². The van der Waals surface area contributed by atoms with E-state index in [-0.39, 0.29) is 5.91 Å². The van der Waals surface area contributed by atoms with Gasteiger partial charge in [-0.2, -0.15) is 0 Å². The highest BCUT2D eigenvalue weighted by atomic mass is 32.2. The van der Waals surface area contributed by atoms with Crippen molar-refractivity contribution in [1.29, 1.82) is 0 Å². The highest BCUT2D eigenvalue weighted by molar-refractivity contribution is 7.99. The van der Waals surface area contributed by atoms with Crippen molar-refractivity contribution in [2.75, 3.05) is 11.1 Å². The first-order valence-corrected chi connectivity index (χ1v) is 9.04. The first kappa shape index (κ1) is 15.7. The lowest BCUT2D eigenvalue weighted by Gasteiger charge is -2.04. The molecule has 1 heterocycles. The zero-order valence-corrected chi connectivity index (χ0v) is 14.6. The number of rotatable bonds is 4. The van der Waals surface area contributed by atoms with Crippen molar-refractivity contribution in [2.45, 2.75) is 12.1 Å². The molecular formula is C20H17N3OS. The molecule has 0 fully saturated rings. The van der Waals surface area contributed by atoms with E-state index >= 15 is 0 Å². The predicted octanol–water partition coefficient (Wildman–Crippen LogP) is 4.76. The van der Waals surface area contributed by atoms with Gasteiger partial charge < -0.3 is 10.3 Å². The van der Waals surface area contributed by atoms with Crippen LogP contribution in [0.15, 0.2) is 65.8 Å². The number of H-pyrrole nitrogens is 1. The van der Waals surface area contributed by atoms with Crippen LogP contribution in [0.25, 0.3) is 21.8 Å². The fourth-order valence-corrected chi connectivity index (χ4v) is 3.39. The lowest BCUT2D eigenvalue weighted by atomic mass is 10.1. The Balaban J connectivity index is 1.46. The van der Waals surface area contributed by atoms with Gasteiger partial charge in [0.25, 0.3) is 0 Å². The Bertz CT molecular complexity index is 1000. The third-order valence-electron chi connectivity index (χ3n) is 4.00. The standard InChI is InChI=1S/C20H17N3OS/c1-13-6-8-16(9-7-13)21-19(24)12-25-20-22-17-10-14-4-2-3-5-15(14)11-18(17)23-20/h2-11H,12H2,1H3,(H,21,24)(H,22,23). The van der Waals surface area contributed by atoms with Crippen molar-refractivity contribution in [3.05, 3.63) is 66.2 Å². The third kappa shape index (κ3) is 3.51. The molecule has 0 spiro atoms. The van der Waals surface area contributed by atoms with E-state index in [0.717, 1.165) is 27.3 Å². The van der Waals surface area contributed by atoms with Crippen molar-refractivity contribution in [3.63, 3.8) is 0 Å². The Kier molecular flexibility index (Phi) is 4.15.